The molecule has 1 amide bonds. The van der Waals surface area contributed by atoms with Gasteiger partial charge in [-0.25, -0.2) is 4.98 Å². The number of fused-ring (bicyclic) bond motifs is 1. The summed E-state index contributed by atoms with van der Waals surface area (Å²) in [4.78, 5) is 16.8. The number of carbonyl (C=O) groups excluding carboxylic acids is 1. The fourth-order valence-corrected chi connectivity index (χ4v) is 2.50. The van der Waals surface area contributed by atoms with E-state index in [1.165, 1.54) is 0 Å². The lowest BCUT2D eigenvalue weighted by Gasteiger charge is -2.11. The van der Waals surface area contributed by atoms with Gasteiger partial charge >= 0.3 is 0 Å². The van der Waals surface area contributed by atoms with Crippen molar-refractivity contribution >= 4 is 11.6 Å². The first-order valence-electron chi connectivity index (χ1n) is 7.32. The molecule has 1 aromatic carbocycles. The maximum atomic E-state index is 12.4. The number of amides is 1. The van der Waals surface area contributed by atoms with Crippen molar-refractivity contribution in [3.8, 4) is 11.6 Å². The van der Waals surface area contributed by atoms with Crippen LogP contribution in [0.4, 0.5) is 5.69 Å². The van der Waals surface area contributed by atoms with Gasteiger partial charge in [0.05, 0.1) is 25.1 Å². The van der Waals surface area contributed by atoms with Crippen LogP contribution in [-0.4, -0.2) is 24.6 Å². The first-order valence-corrected chi connectivity index (χ1v) is 7.32. The minimum absolute atomic E-state index is 0.142. The number of methoxy groups -OCH3 is 1. The number of pyridine rings is 1. The Hall–Kier alpha value is -2.56. The SMILES string of the molecule is CCc1nc(OC)ccc1NC(=O)c1ccc2c(c1)CCO2. The van der Waals surface area contributed by atoms with Gasteiger partial charge in [-0.15, -0.1) is 0 Å². The number of carbonyl (C=O) groups is 1. The molecule has 3 rings (SSSR count). The average Bonchev–Trinajstić information content (AvgIpc) is 3.02. The van der Waals surface area contributed by atoms with Gasteiger partial charge in [0.25, 0.3) is 5.91 Å². The number of hydrogen-bond acceptors (Lipinski definition) is 4. The molecule has 1 aliphatic heterocycles. The van der Waals surface area contributed by atoms with Crippen molar-refractivity contribution in [1.29, 1.82) is 0 Å². The summed E-state index contributed by atoms with van der Waals surface area (Å²) in [7, 11) is 1.58. The topological polar surface area (TPSA) is 60.5 Å². The van der Waals surface area contributed by atoms with E-state index in [0.29, 0.717) is 30.2 Å². The number of nitrogens with zero attached hydrogens (tertiary/aromatic N) is 1. The van der Waals surface area contributed by atoms with E-state index in [-0.39, 0.29) is 5.91 Å². The Bertz CT molecular complexity index is 713. The molecule has 0 saturated carbocycles. The molecule has 0 fully saturated rings. The van der Waals surface area contributed by atoms with E-state index in [1.54, 1.807) is 19.2 Å². The van der Waals surface area contributed by atoms with Crippen molar-refractivity contribution in [3.63, 3.8) is 0 Å². The van der Waals surface area contributed by atoms with Crippen LogP contribution in [-0.2, 0) is 12.8 Å². The highest BCUT2D eigenvalue weighted by Crippen LogP contribution is 2.26. The normalized spacial score (nSPS) is 12.5. The maximum Gasteiger partial charge on any atom is 0.255 e. The van der Waals surface area contributed by atoms with Crippen molar-refractivity contribution in [2.45, 2.75) is 19.8 Å². The number of aryl methyl sites for hydroxylation is 1. The number of rotatable bonds is 4. The Morgan fingerprint density at radius 3 is 3.00 bits per heavy atom. The fourth-order valence-electron chi connectivity index (χ4n) is 2.50. The highest BCUT2D eigenvalue weighted by atomic mass is 16.5. The summed E-state index contributed by atoms with van der Waals surface area (Å²) in [6.45, 7) is 2.67. The summed E-state index contributed by atoms with van der Waals surface area (Å²) in [6.07, 6.45) is 1.56. The van der Waals surface area contributed by atoms with Crippen LogP contribution < -0.4 is 14.8 Å². The number of anilines is 1. The second-order valence-electron chi connectivity index (χ2n) is 5.08. The maximum absolute atomic E-state index is 12.4. The molecule has 0 aliphatic carbocycles. The van der Waals surface area contributed by atoms with Crippen LogP contribution in [0.15, 0.2) is 30.3 Å². The molecule has 0 unspecified atom stereocenters. The van der Waals surface area contributed by atoms with E-state index >= 15 is 0 Å². The molecule has 0 bridgehead atoms. The Kier molecular flexibility index (Phi) is 3.96. The van der Waals surface area contributed by atoms with Crippen LogP contribution in [0.2, 0.25) is 0 Å². The van der Waals surface area contributed by atoms with Crippen LogP contribution in [0.5, 0.6) is 11.6 Å². The fraction of sp³-hybridized carbons (Fsp3) is 0.294. The largest absolute Gasteiger partial charge is 0.493 e. The van der Waals surface area contributed by atoms with Gasteiger partial charge in [0, 0.05) is 18.1 Å². The molecule has 0 atom stereocenters. The van der Waals surface area contributed by atoms with Gasteiger partial charge < -0.3 is 14.8 Å². The summed E-state index contributed by atoms with van der Waals surface area (Å²) in [5.41, 5.74) is 3.22. The first-order chi connectivity index (χ1) is 10.7. The monoisotopic (exact) mass is 298 g/mol. The minimum Gasteiger partial charge on any atom is -0.493 e. The van der Waals surface area contributed by atoms with Crippen molar-refractivity contribution in [3.05, 3.63) is 47.2 Å². The molecule has 5 heteroatoms. The zero-order chi connectivity index (χ0) is 15.5. The van der Waals surface area contributed by atoms with Crippen LogP contribution in [0.25, 0.3) is 0 Å². The Morgan fingerprint density at radius 2 is 2.23 bits per heavy atom. The summed E-state index contributed by atoms with van der Waals surface area (Å²) < 4.78 is 10.6. The number of hydrogen-bond donors (Lipinski definition) is 1. The smallest absolute Gasteiger partial charge is 0.255 e. The van der Waals surface area contributed by atoms with Gasteiger partial charge in [-0.3, -0.25) is 4.79 Å². The van der Waals surface area contributed by atoms with E-state index in [1.807, 2.05) is 25.1 Å². The molecule has 114 valence electrons. The third-order valence-electron chi connectivity index (χ3n) is 3.69. The molecule has 1 aromatic heterocycles. The number of benzene rings is 1. The number of ether oxygens (including phenoxy) is 2. The third-order valence-corrected chi connectivity index (χ3v) is 3.69. The highest BCUT2D eigenvalue weighted by Gasteiger charge is 2.16. The summed E-state index contributed by atoms with van der Waals surface area (Å²) >= 11 is 0. The van der Waals surface area contributed by atoms with E-state index in [0.717, 1.165) is 23.4 Å². The minimum atomic E-state index is -0.142. The second-order valence-corrected chi connectivity index (χ2v) is 5.08. The van der Waals surface area contributed by atoms with E-state index < -0.39 is 0 Å². The summed E-state index contributed by atoms with van der Waals surface area (Å²) in [5, 5.41) is 2.92. The van der Waals surface area contributed by atoms with E-state index in [9.17, 15) is 4.79 Å². The zero-order valence-corrected chi connectivity index (χ0v) is 12.7. The van der Waals surface area contributed by atoms with Gasteiger partial charge in [0.1, 0.15) is 5.75 Å². The van der Waals surface area contributed by atoms with Crippen molar-refractivity contribution in [2.75, 3.05) is 19.0 Å². The summed E-state index contributed by atoms with van der Waals surface area (Å²) in [5.74, 6) is 1.28. The van der Waals surface area contributed by atoms with Gasteiger partial charge in [0.15, 0.2) is 0 Å². The Labute approximate surface area is 129 Å². The van der Waals surface area contributed by atoms with Gasteiger partial charge in [-0.05, 0) is 36.2 Å². The highest BCUT2D eigenvalue weighted by molar-refractivity contribution is 6.04. The molecule has 2 aromatic rings. The number of nitrogens with one attached hydrogen (secondary N) is 1. The lowest BCUT2D eigenvalue weighted by atomic mass is 10.1. The predicted octanol–water partition coefficient (Wildman–Crippen LogP) is 2.84. The van der Waals surface area contributed by atoms with E-state index in [2.05, 4.69) is 10.3 Å². The molecule has 2 heterocycles. The number of aromatic nitrogens is 1. The molecular formula is C17H18N2O3. The molecule has 22 heavy (non-hydrogen) atoms. The van der Waals surface area contributed by atoms with Crippen LogP contribution >= 0.6 is 0 Å². The van der Waals surface area contributed by atoms with Crippen LogP contribution in [0, 0.1) is 0 Å². The molecule has 1 N–H and O–H groups in total. The molecule has 0 radical (unpaired) electrons. The quantitative estimate of drug-likeness (QED) is 0.943. The standard InChI is InChI=1S/C17H18N2O3/c1-3-13-14(5-7-16(18-13)21-2)19-17(20)12-4-6-15-11(10-12)8-9-22-15/h4-7,10H,3,8-9H2,1-2H3,(H,19,20). The predicted molar refractivity (Wildman–Crippen MR) is 83.8 cm³/mol. The van der Waals surface area contributed by atoms with Crippen LogP contribution in [0.1, 0.15) is 28.5 Å². The van der Waals surface area contributed by atoms with Crippen molar-refractivity contribution in [2.24, 2.45) is 0 Å². The molecule has 0 saturated heterocycles. The zero-order valence-electron chi connectivity index (χ0n) is 12.7. The van der Waals surface area contributed by atoms with Crippen LogP contribution in [0.3, 0.4) is 0 Å². The third kappa shape index (κ3) is 2.74. The summed E-state index contributed by atoms with van der Waals surface area (Å²) in [6, 6.07) is 9.08. The first kappa shape index (κ1) is 14.4. The lowest BCUT2D eigenvalue weighted by molar-refractivity contribution is 0.102. The molecule has 1 aliphatic rings. The van der Waals surface area contributed by atoms with E-state index in [4.69, 9.17) is 9.47 Å². The molecule has 5 nitrogen and oxygen atoms in total. The molecule has 0 spiro atoms. The van der Waals surface area contributed by atoms with Gasteiger partial charge in [0.2, 0.25) is 5.88 Å². The molecular weight excluding hydrogens is 280 g/mol. The Morgan fingerprint density at radius 1 is 1.36 bits per heavy atom. The average molecular weight is 298 g/mol. The lowest BCUT2D eigenvalue weighted by Crippen LogP contribution is -2.14. The van der Waals surface area contributed by atoms with Crippen molar-refractivity contribution < 1.29 is 14.3 Å². The Balaban J connectivity index is 1.82. The van der Waals surface area contributed by atoms with Crippen molar-refractivity contribution in [1.82, 2.24) is 4.98 Å². The second kappa shape index (κ2) is 6.05. The van der Waals surface area contributed by atoms with Gasteiger partial charge in [-0.1, -0.05) is 6.92 Å². The van der Waals surface area contributed by atoms with Gasteiger partial charge in [-0.2, -0.15) is 0 Å².